The second kappa shape index (κ2) is 4.31. The van der Waals surface area contributed by atoms with E-state index in [1.54, 1.807) is 0 Å². The Bertz CT molecular complexity index is 328. The maximum atomic E-state index is 12.9. The maximum Gasteiger partial charge on any atom is 0.264 e. The van der Waals surface area contributed by atoms with Crippen molar-refractivity contribution >= 4 is 15.9 Å². The first-order chi connectivity index (χ1) is 6.44. The van der Waals surface area contributed by atoms with Gasteiger partial charge in [0.15, 0.2) is 0 Å². The van der Waals surface area contributed by atoms with Gasteiger partial charge in [-0.15, -0.1) is 0 Å². The monoisotopic (exact) mass is 267 g/mol. The third kappa shape index (κ3) is 2.99. The minimum atomic E-state index is -2.99. The molecule has 0 amide bonds. The molecule has 0 bridgehead atoms. The second-order valence-electron chi connectivity index (χ2n) is 2.97. The first kappa shape index (κ1) is 11.5. The number of nitrogens with two attached hydrogens (primary N) is 1. The standard InChI is InChI=1S/C9H9BrF3N/c10-8-2-1-7(11)3-6(8)4-9(12,13)5-14/h1-3H,4-5,14H2. The van der Waals surface area contributed by atoms with Crippen molar-refractivity contribution in [2.24, 2.45) is 5.73 Å². The van der Waals surface area contributed by atoms with Crippen molar-refractivity contribution in [1.82, 2.24) is 0 Å². The normalized spacial score (nSPS) is 11.8. The molecule has 0 fully saturated rings. The van der Waals surface area contributed by atoms with Crippen molar-refractivity contribution in [3.63, 3.8) is 0 Å². The lowest BCUT2D eigenvalue weighted by atomic mass is 10.1. The first-order valence-corrected chi connectivity index (χ1v) is 4.76. The van der Waals surface area contributed by atoms with Gasteiger partial charge >= 0.3 is 0 Å². The molecule has 0 radical (unpaired) electrons. The van der Waals surface area contributed by atoms with Crippen molar-refractivity contribution in [2.75, 3.05) is 6.54 Å². The molecule has 1 aromatic carbocycles. The van der Waals surface area contributed by atoms with Crippen LogP contribution < -0.4 is 5.73 Å². The van der Waals surface area contributed by atoms with Crippen LogP contribution in [0.2, 0.25) is 0 Å². The third-order valence-electron chi connectivity index (χ3n) is 1.76. The lowest BCUT2D eigenvalue weighted by Gasteiger charge is -2.14. The summed E-state index contributed by atoms with van der Waals surface area (Å²) in [5.41, 5.74) is 5.11. The van der Waals surface area contributed by atoms with Crippen LogP contribution in [0.1, 0.15) is 5.56 Å². The SMILES string of the molecule is NCC(F)(F)Cc1cc(F)ccc1Br. The highest BCUT2D eigenvalue weighted by Gasteiger charge is 2.28. The molecule has 14 heavy (non-hydrogen) atoms. The molecular weight excluding hydrogens is 259 g/mol. The van der Waals surface area contributed by atoms with Gasteiger partial charge in [0.1, 0.15) is 5.82 Å². The van der Waals surface area contributed by atoms with Gasteiger partial charge in [-0.3, -0.25) is 0 Å². The Kier molecular flexibility index (Phi) is 3.55. The van der Waals surface area contributed by atoms with E-state index in [1.807, 2.05) is 0 Å². The highest BCUT2D eigenvalue weighted by atomic mass is 79.9. The zero-order valence-electron chi connectivity index (χ0n) is 7.24. The molecule has 0 saturated heterocycles. The summed E-state index contributed by atoms with van der Waals surface area (Å²) >= 11 is 3.07. The fourth-order valence-corrected chi connectivity index (χ4v) is 1.42. The smallest absolute Gasteiger partial charge is 0.264 e. The minimum absolute atomic E-state index is 0.223. The van der Waals surface area contributed by atoms with Crippen LogP contribution in [0.25, 0.3) is 0 Å². The van der Waals surface area contributed by atoms with Gasteiger partial charge in [-0.25, -0.2) is 13.2 Å². The van der Waals surface area contributed by atoms with Crippen LogP contribution in [-0.4, -0.2) is 12.5 Å². The lowest BCUT2D eigenvalue weighted by molar-refractivity contribution is 0.0113. The van der Waals surface area contributed by atoms with Gasteiger partial charge < -0.3 is 5.73 Å². The van der Waals surface area contributed by atoms with Crippen LogP contribution in [-0.2, 0) is 6.42 Å². The molecule has 5 heteroatoms. The lowest BCUT2D eigenvalue weighted by Crippen LogP contribution is -2.30. The van der Waals surface area contributed by atoms with E-state index in [0.29, 0.717) is 4.47 Å². The van der Waals surface area contributed by atoms with E-state index < -0.39 is 24.7 Å². The van der Waals surface area contributed by atoms with Crippen molar-refractivity contribution in [2.45, 2.75) is 12.3 Å². The number of alkyl halides is 2. The summed E-state index contributed by atoms with van der Waals surface area (Å²) in [5.74, 6) is -3.52. The number of rotatable bonds is 3. The molecule has 0 aromatic heterocycles. The minimum Gasteiger partial charge on any atom is -0.325 e. The molecule has 0 aliphatic rings. The van der Waals surface area contributed by atoms with Crippen LogP contribution in [0.3, 0.4) is 0 Å². The Labute approximate surface area is 88.2 Å². The molecule has 0 heterocycles. The average molecular weight is 268 g/mol. The quantitative estimate of drug-likeness (QED) is 0.896. The Morgan fingerprint density at radius 1 is 1.36 bits per heavy atom. The van der Waals surface area contributed by atoms with Crippen LogP contribution in [0, 0.1) is 5.82 Å². The van der Waals surface area contributed by atoms with E-state index in [2.05, 4.69) is 15.9 Å². The number of benzene rings is 1. The molecule has 0 atom stereocenters. The molecule has 0 aliphatic heterocycles. The van der Waals surface area contributed by atoms with Crippen molar-refractivity contribution in [3.8, 4) is 0 Å². The second-order valence-corrected chi connectivity index (χ2v) is 3.83. The van der Waals surface area contributed by atoms with Crippen LogP contribution in [0.15, 0.2) is 22.7 Å². The van der Waals surface area contributed by atoms with Gasteiger partial charge in [0.2, 0.25) is 0 Å². The molecular formula is C9H9BrF3N. The van der Waals surface area contributed by atoms with Crippen molar-refractivity contribution < 1.29 is 13.2 Å². The van der Waals surface area contributed by atoms with Gasteiger partial charge in [0.25, 0.3) is 5.92 Å². The summed E-state index contributed by atoms with van der Waals surface area (Å²) in [6, 6.07) is 3.68. The zero-order valence-corrected chi connectivity index (χ0v) is 8.82. The molecule has 1 rings (SSSR count). The molecule has 0 aliphatic carbocycles. The summed E-state index contributed by atoms with van der Waals surface area (Å²) in [7, 11) is 0. The summed E-state index contributed by atoms with van der Waals surface area (Å²) < 4.78 is 39.0. The summed E-state index contributed by atoms with van der Waals surface area (Å²) in [5, 5.41) is 0. The molecule has 0 unspecified atom stereocenters. The third-order valence-corrected chi connectivity index (χ3v) is 2.53. The Morgan fingerprint density at radius 3 is 2.57 bits per heavy atom. The molecule has 78 valence electrons. The number of hydrogen-bond acceptors (Lipinski definition) is 1. The Balaban J connectivity index is 2.91. The zero-order chi connectivity index (χ0) is 10.8. The van der Waals surface area contributed by atoms with Gasteiger partial charge in [-0.1, -0.05) is 15.9 Å². The van der Waals surface area contributed by atoms with E-state index in [-0.39, 0.29) is 5.56 Å². The fourth-order valence-electron chi connectivity index (χ4n) is 1.03. The van der Waals surface area contributed by atoms with E-state index in [0.717, 1.165) is 6.07 Å². The molecule has 0 saturated carbocycles. The van der Waals surface area contributed by atoms with Gasteiger partial charge in [0.05, 0.1) is 6.54 Å². The van der Waals surface area contributed by atoms with Crippen molar-refractivity contribution in [3.05, 3.63) is 34.1 Å². The number of hydrogen-bond donors (Lipinski definition) is 1. The van der Waals surface area contributed by atoms with Gasteiger partial charge in [-0.05, 0) is 23.8 Å². The maximum absolute atomic E-state index is 12.9. The highest BCUT2D eigenvalue weighted by molar-refractivity contribution is 9.10. The summed E-state index contributed by atoms with van der Waals surface area (Å²) in [4.78, 5) is 0. The Hall–Kier alpha value is -0.550. The topological polar surface area (TPSA) is 26.0 Å². The molecule has 2 N–H and O–H groups in total. The molecule has 0 spiro atoms. The predicted octanol–water partition coefficient (Wildman–Crippen LogP) is 2.72. The van der Waals surface area contributed by atoms with Crippen molar-refractivity contribution in [1.29, 1.82) is 0 Å². The van der Waals surface area contributed by atoms with Gasteiger partial charge in [-0.2, -0.15) is 0 Å². The van der Waals surface area contributed by atoms with E-state index in [4.69, 9.17) is 5.73 Å². The molecule has 1 nitrogen and oxygen atoms in total. The van der Waals surface area contributed by atoms with Gasteiger partial charge in [0, 0.05) is 10.9 Å². The summed E-state index contributed by atoms with van der Waals surface area (Å²) in [6.45, 7) is -0.740. The van der Waals surface area contributed by atoms with Crippen LogP contribution in [0.5, 0.6) is 0 Å². The first-order valence-electron chi connectivity index (χ1n) is 3.96. The van der Waals surface area contributed by atoms with E-state index >= 15 is 0 Å². The van der Waals surface area contributed by atoms with Crippen LogP contribution in [0.4, 0.5) is 13.2 Å². The van der Waals surface area contributed by atoms with Crippen LogP contribution >= 0.6 is 15.9 Å². The number of halogens is 4. The fraction of sp³-hybridized carbons (Fsp3) is 0.333. The average Bonchev–Trinajstić information content (AvgIpc) is 2.11. The predicted molar refractivity (Wildman–Crippen MR) is 51.8 cm³/mol. The summed E-state index contributed by atoms with van der Waals surface area (Å²) in [6.07, 6.45) is -0.554. The highest BCUT2D eigenvalue weighted by Crippen LogP contribution is 2.25. The van der Waals surface area contributed by atoms with E-state index in [9.17, 15) is 13.2 Å². The largest absolute Gasteiger partial charge is 0.325 e. The Morgan fingerprint density at radius 2 is 2.00 bits per heavy atom. The molecule has 1 aromatic rings. The van der Waals surface area contributed by atoms with E-state index in [1.165, 1.54) is 12.1 Å².